The van der Waals surface area contributed by atoms with Crippen LogP contribution in [0.4, 0.5) is 5.69 Å². The average molecular weight is 317 g/mol. The number of nitrogens with zero attached hydrogens (tertiary/aromatic N) is 1. The van der Waals surface area contributed by atoms with Gasteiger partial charge in [-0.3, -0.25) is 0 Å². The number of hydrogen-bond donors (Lipinski definition) is 1. The zero-order chi connectivity index (χ0) is 14.8. The van der Waals surface area contributed by atoms with Crippen LogP contribution in [0.1, 0.15) is 39.0 Å². The van der Waals surface area contributed by atoms with E-state index in [1.54, 1.807) is 10.4 Å². The Morgan fingerprint density at radius 3 is 2.75 bits per heavy atom. The maximum Gasteiger partial charge on any atom is 0.243 e. The highest BCUT2D eigenvalue weighted by molar-refractivity contribution is 7.89. The Kier molecular flexibility index (Phi) is 4.94. The van der Waals surface area contributed by atoms with Crippen molar-refractivity contribution in [3.05, 3.63) is 23.2 Å². The fraction of sp³-hybridized carbons (Fsp3) is 0.571. The first-order chi connectivity index (χ1) is 9.46. The van der Waals surface area contributed by atoms with Crippen LogP contribution in [-0.4, -0.2) is 25.3 Å². The second kappa shape index (κ2) is 6.33. The van der Waals surface area contributed by atoms with Crippen LogP contribution in [0.15, 0.2) is 23.1 Å². The Bertz CT molecular complexity index is 575. The number of hydrogen-bond acceptors (Lipinski definition) is 3. The van der Waals surface area contributed by atoms with Gasteiger partial charge in [-0.15, -0.1) is 0 Å². The zero-order valence-electron chi connectivity index (χ0n) is 11.7. The van der Waals surface area contributed by atoms with E-state index in [2.05, 4.69) is 0 Å². The summed E-state index contributed by atoms with van der Waals surface area (Å²) in [4.78, 5) is 0.233. The Morgan fingerprint density at radius 2 is 2.10 bits per heavy atom. The number of rotatable bonds is 3. The minimum Gasteiger partial charge on any atom is -0.398 e. The van der Waals surface area contributed by atoms with E-state index < -0.39 is 10.0 Å². The van der Waals surface area contributed by atoms with Gasteiger partial charge in [0.1, 0.15) is 0 Å². The van der Waals surface area contributed by atoms with E-state index in [1.807, 2.05) is 6.92 Å². The molecule has 1 aliphatic heterocycles. The van der Waals surface area contributed by atoms with Gasteiger partial charge in [0.05, 0.1) is 15.6 Å². The molecule has 4 nitrogen and oxygen atoms in total. The Balaban J connectivity index is 2.38. The van der Waals surface area contributed by atoms with Crippen molar-refractivity contribution in [1.29, 1.82) is 0 Å². The molecule has 1 heterocycles. The molecule has 6 heteroatoms. The van der Waals surface area contributed by atoms with Gasteiger partial charge in [0, 0.05) is 12.6 Å². The molecule has 1 unspecified atom stereocenters. The van der Waals surface area contributed by atoms with Gasteiger partial charge >= 0.3 is 0 Å². The Hall–Kier alpha value is -0.780. The van der Waals surface area contributed by atoms with Gasteiger partial charge in [0.25, 0.3) is 0 Å². The van der Waals surface area contributed by atoms with E-state index in [4.69, 9.17) is 17.3 Å². The number of nitrogens with two attached hydrogens (primary N) is 1. The monoisotopic (exact) mass is 316 g/mol. The van der Waals surface area contributed by atoms with Gasteiger partial charge in [-0.05, 0) is 37.5 Å². The quantitative estimate of drug-likeness (QED) is 0.870. The molecule has 112 valence electrons. The molecule has 2 N–H and O–H groups in total. The molecule has 1 aromatic rings. The molecule has 0 aromatic heterocycles. The van der Waals surface area contributed by atoms with E-state index in [-0.39, 0.29) is 16.0 Å². The molecule has 0 amide bonds. The Morgan fingerprint density at radius 1 is 1.35 bits per heavy atom. The molecule has 1 aromatic carbocycles. The van der Waals surface area contributed by atoms with Crippen molar-refractivity contribution in [1.82, 2.24) is 4.31 Å². The SMILES string of the molecule is CCC1CCCCCN1S(=O)(=O)c1ccc(N)c(Cl)c1. The topological polar surface area (TPSA) is 63.4 Å². The van der Waals surface area contributed by atoms with Crippen LogP contribution in [0, 0.1) is 0 Å². The van der Waals surface area contributed by atoms with Crippen molar-refractivity contribution < 1.29 is 8.42 Å². The van der Waals surface area contributed by atoms with Crippen LogP contribution in [0.2, 0.25) is 5.02 Å². The first-order valence-electron chi connectivity index (χ1n) is 7.03. The number of halogens is 1. The van der Waals surface area contributed by atoms with E-state index in [0.717, 1.165) is 32.1 Å². The summed E-state index contributed by atoms with van der Waals surface area (Å²) >= 11 is 5.95. The summed E-state index contributed by atoms with van der Waals surface area (Å²) in [6.45, 7) is 2.62. The predicted molar refractivity (Wildman–Crippen MR) is 82.3 cm³/mol. The lowest BCUT2D eigenvalue weighted by atomic mass is 10.1. The summed E-state index contributed by atoms with van der Waals surface area (Å²) < 4.78 is 27.2. The van der Waals surface area contributed by atoms with Crippen molar-refractivity contribution in [2.75, 3.05) is 12.3 Å². The van der Waals surface area contributed by atoms with Crippen LogP contribution >= 0.6 is 11.6 Å². The van der Waals surface area contributed by atoms with Gasteiger partial charge in [-0.25, -0.2) is 8.42 Å². The van der Waals surface area contributed by atoms with E-state index in [0.29, 0.717) is 12.2 Å². The molecule has 1 aliphatic rings. The number of nitrogen functional groups attached to an aromatic ring is 1. The molecule has 1 saturated heterocycles. The minimum atomic E-state index is -3.49. The van der Waals surface area contributed by atoms with E-state index in [9.17, 15) is 8.42 Å². The highest BCUT2D eigenvalue weighted by atomic mass is 35.5. The molecule has 0 saturated carbocycles. The standard InChI is InChI=1S/C14H21ClN2O2S/c1-2-11-6-4-3-5-9-17(11)20(18,19)12-7-8-14(16)13(15)10-12/h7-8,10-11H,2-6,9,16H2,1H3. The number of benzene rings is 1. The van der Waals surface area contributed by atoms with Crippen LogP contribution < -0.4 is 5.73 Å². The van der Waals surface area contributed by atoms with Crippen molar-refractivity contribution in [3.63, 3.8) is 0 Å². The van der Waals surface area contributed by atoms with Crippen molar-refractivity contribution in [2.45, 2.75) is 50.0 Å². The molecule has 0 bridgehead atoms. The van der Waals surface area contributed by atoms with E-state index in [1.165, 1.54) is 12.1 Å². The zero-order valence-corrected chi connectivity index (χ0v) is 13.3. The molecule has 0 radical (unpaired) electrons. The van der Waals surface area contributed by atoms with Crippen LogP contribution in [0.3, 0.4) is 0 Å². The maximum atomic E-state index is 12.8. The summed E-state index contributed by atoms with van der Waals surface area (Å²) in [5, 5.41) is 0.286. The smallest absolute Gasteiger partial charge is 0.243 e. The largest absolute Gasteiger partial charge is 0.398 e. The van der Waals surface area contributed by atoms with Crippen LogP contribution in [0.25, 0.3) is 0 Å². The third kappa shape index (κ3) is 3.10. The average Bonchev–Trinajstić information content (AvgIpc) is 2.67. The fourth-order valence-electron chi connectivity index (χ4n) is 2.68. The fourth-order valence-corrected chi connectivity index (χ4v) is 4.72. The summed E-state index contributed by atoms with van der Waals surface area (Å²) in [7, 11) is -3.49. The minimum absolute atomic E-state index is 0.0822. The first-order valence-corrected chi connectivity index (χ1v) is 8.85. The van der Waals surface area contributed by atoms with Gasteiger partial charge in [0.2, 0.25) is 10.0 Å². The van der Waals surface area contributed by atoms with Crippen LogP contribution in [-0.2, 0) is 10.0 Å². The lowest BCUT2D eigenvalue weighted by Crippen LogP contribution is -2.39. The summed E-state index contributed by atoms with van der Waals surface area (Å²) in [6.07, 6.45) is 4.86. The van der Waals surface area contributed by atoms with Gasteiger partial charge in [0.15, 0.2) is 0 Å². The van der Waals surface area contributed by atoms with Gasteiger partial charge in [-0.2, -0.15) is 4.31 Å². The van der Waals surface area contributed by atoms with Crippen LogP contribution in [0.5, 0.6) is 0 Å². The lowest BCUT2D eigenvalue weighted by Gasteiger charge is -2.28. The second-order valence-electron chi connectivity index (χ2n) is 5.21. The van der Waals surface area contributed by atoms with Crippen molar-refractivity contribution in [3.8, 4) is 0 Å². The molecular formula is C14H21ClN2O2S. The lowest BCUT2D eigenvalue weighted by molar-refractivity contribution is 0.315. The van der Waals surface area contributed by atoms with E-state index >= 15 is 0 Å². The predicted octanol–water partition coefficient (Wildman–Crippen LogP) is 3.27. The van der Waals surface area contributed by atoms with Gasteiger partial charge in [-0.1, -0.05) is 31.4 Å². The molecule has 1 atom stereocenters. The van der Waals surface area contributed by atoms with Crippen molar-refractivity contribution in [2.24, 2.45) is 0 Å². The normalized spacial score (nSPS) is 21.6. The summed E-state index contributed by atoms with van der Waals surface area (Å²) in [5.74, 6) is 0. The second-order valence-corrected chi connectivity index (χ2v) is 7.51. The molecule has 1 fully saturated rings. The molecule has 20 heavy (non-hydrogen) atoms. The summed E-state index contributed by atoms with van der Waals surface area (Å²) in [5.41, 5.74) is 6.05. The molecular weight excluding hydrogens is 296 g/mol. The number of sulfonamides is 1. The maximum absolute atomic E-state index is 12.8. The molecule has 0 aliphatic carbocycles. The first kappa shape index (κ1) is 15.6. The van der Waals surface area contributed by atoms with Crippen molar-refractivity contribution >= 4 is 27.3 Å². The Labute approximate surface area is 126 Å². The molecule has 0 spiro atoms. The number of anilines is 1. The third-order valence-corrected chi connectivity index (χ3v) is 6.15. The highest BCUT2D eigenvalue weighted by Crippen LogP contribution is 2.29. The molecule has 2 rings (SSSR count). The summed E-state index contributed by atoms with van der Waals surface area (Å²) in [6, 6.07) is 4.62. The van der Waals surface area contributed by atoms with Gasteiger partial charge < -0.3 is 5.73 Å². The highest BCUT2D eigenvalue weighted by Gasteiger charge is 2.31. The third-order valence-electron chi connectivity index (χ3n) is 3.87.